The lowest BCUT2D eigenvalue weighted by molar-refractivity contribution is -0.137. The monoisotopic (exact) mass is 319 g/mol. The van der Waals surface area contributed by atoms with Crippen LogP contribution in [-0.2, 0) is 11.2 Å². The number of carboxylic acids is 1. The molecular formula is C19H17N3O2. The van der Waals surface area contributed by atoms with Crippen molar-refractivity contribution in [3.63, 3.8) is 0 Å². The van der Waals surface area contributed by atoms with Crippen molar-refractivity contribution in [2.75, 3.05) is 0 Å². The number of benzene rings is 1. The van der Waals surface area contributed by atoms with E-state index in [4.69, 9.17) is 0 Å². The Balaban J connectivity index is 1.79. The van der Waals surface area contributed by atoms with Crippen molar-refractivity contribution in [1.29, 1.82) is 0 Å². The van der Waals surface area contributed by atoms with Crippen LogP contribution in [0.4, 0.5) is 0 Å². The molecule has 0 saturated heterocycles. The third kappa shape index (κ3) is 4.01. The number of carbonyl (C=O) groups is 1. The minimum atomic E-state index is -0.804. The minimum Gasteiger partial charge on any atom is -0.481 e. The summed E-state index contributed by atoms with van der Waals surface area (Å²) < 4.78 is 0. The Kier molecular flexibility index (Phi) is 4.91. The minimum absolute atomic E-state index is 0.0833. The average Bonchev–Trinajstić information content (AvgIpc) is 2.63. The Morgan fingerprint density at radius 2 is 1.71 bits per heavy atom. The lowest BCUT2D eigenvalue weighted by Crippen LogP contribution is -2.09. The first-order chi connectivity index (χ1) is 11.7. The third-order valence-corrected chi connectivity index (χ3v) is 3.91. The van der Waals surface area contributed by atoms with Crippen LogP contribution in [0.25, 0.3) is 11.1 Å². The molecule has 2 heterocycles. The highest BCUT2D eigenvalue weighted by molar-refractivity contribution is 5.68. The molecule has 0 aliphatic carbocycles. The highest BCUT2D eigenvalue weighted by Gasteiger charge is 2.16. The quantitative estimate of drug-likeness (QED) is 0.754. The van der Waals surface area contributed by atoms with E-state index in [9.17, 15) is 9.90 Å². The smallest absolute Gasteiger partial charge is 0.303 e. The Hall–Kier alpha value is -3.08. The molecule has 24 heavy (non-hydrogen) atoms. The second-order valence-corrected chi connectivity index (χ2v) is 5.61. The van der Waals surface area contributed by atoms with Gasteiger partial charge < -0.3 is 5.11 Å². The molecule has 1 unspecified atom stereocenters. The van der Waals surface area contributed by atoms with E-state index in [0.29, 0.717) is 6.42 Å². The molecule has 0 amide bonds. The fourth-order valence-corrected chi connectivity index (χ4v) is 2.70. The van der Waals surface area contributed by atoms with Crippen LogP contribution in [0.2, 0.25) is 0 Å². The van der Waals surface area contributed by atoms with E-state index in [-0.39, 0.29) is 12.3 Å². The maximum atomic E-state index is 11.2. The number of hydrogen-bond acceptors (Lipinski definition) is 4. The van der Waals surface area contributed by atoms with Gasteiger partial charge in [-0.15, -0.1) is 0 Å². The average molecular weight is 319 g/mol. The van der Waals surface area contributed by atoms with Crippen molar-refractivity contribution < 1.29 is 9.90 Å². The molecule has 0 bridgehead atoms. The van der Waals surface area contributed by atoms with Gasteiger partial charge in [0.15, 0.2) is 0 Å². The van der Waals surface area contributed by atoms with E-state index in [1.807, 2.05) is 36.4 Å². The zero-order chi connectivity index (χ0) is 16.8. The molecule has 120 valence electrons. The lowest BCUT2D eigenvalue weighted by atomic mass is 9.90. The zero-order valence-corrected chi connectivity index (χ0v) is 13.0. The van der Waals surface area contributed by atoms with Gasteiger partial charge in [-0.25, -0.2) is 9.97 Å². The summed E-state index contributed by atoms with van der Waals surface area (Å²) in [6.45, 7) is 0. The largest absolute Gasteiger partial charge is 0.481 e. The van der Waals surface area contributed by atoms with E-state index in [1.165, 1.54) is 6.33 Å². The molecule has 1 N–H and O–H groups in total. The van der Waals surface area contributed by atoms with Crippen molar-refractivity contribution in [2.24, 2.45) is 0 Å². The topological polar surface area (TPSA) is 76.0 Å². The number of aliphatic carboxylic acids is 1. The summed E-state index contributed by atoms with van der Waals surface area (Å²) in [4.78, 5) is 23.3. The summed E-state index contributed by atoms with van der Waals surface area (Å²) >= 11 is 0. The van der Waals surface area contributed by atoms with Crippen LogP contribution >= 0.6 is 0 Å². The summed E-state index contributed by atoms with van der Waals surface area (Å²) in [5.41, 5.74) is 4.03. The maximum absolute atomic E-state index is 11.2. The first-order valence-corrected chi connectivity index (χ1v) is 7.68. The molecule has 1 atom stereocenters. The number of nitrogens with zero attached hydrogens (tertiary/aromatic N) is 3. The lowest BCUT2D eigenvalue weighted by Gasteiger charge is -2.15. The Labute approximate surface area is 140 Å². The van der Waals surface area contributed by atoms with Gasteiger partial charge in [-0.2, -0.15) is 0 Å². The number of hydrogen-bond donors (Lipinski definition) is 1. The molecule has 0 aliphatic heterocycles. The number of pyridine rings is 1. The molecule has 1 aromatic carbocycles. The van der Waals surface area contributed by atoms with Gasteiger partial charge in [0.1, 0.15) is 6.33 Å². The van der Waals surface area contributed by atoms with Crippen molar-refractivity contribution in [3.8, 4) is 11.1 Å². The van der Waals surface area contributed by atoms with Crippen LogP contribution in [0, 0.1) is 0 Å². The van der Waals surface area contributed by atoms with E-state index in [1.54, 1.807) is 24.8 Å². The van der Waals surface area contributed by atoms with E-state index in [0.717, 1.165) is 22.3 Å². The van der Waals surface area contributed by atoms with Gasteiger partial charge in [0.25, 0.3) is 0 Å². The fourth-order valence-electron chi connectivity index (χ4n) is 2.70. The standard InChI is InChI=1S/C19H17N3O2/c23-19(24)9-17(16-2-1-7-20-10-16)8-14-3-5-15(6-4-14)18-11-21-13-22-12-18/h1-7,10-13,17H,8-9H2,(H,23,24). The Bertz CT molecular complexity index is 790. The molecule has 0 radical (unpaired) electrons. The first-order valence-electron chi connectivity index (χ1n) is 7.68. The second kappa shape index (κ2) is 7.46. The van der Waals surface area contributed by atoms with Gasteiger partial charge in [-0.3, -0.25) is 9.78 Å². The highest BCUT2D eigenvalue weighted by atomic mass is 16.4. The first kappa shape index (κ1) is 15.8. The van der Waals surface area contributed by atoms with E-state index >= 15 is 0 Å². The van der Waals surface area contributed by atoms with Gasteiger partial charge in [0.05, 0.1) is 6.42 Å². The molecule has 5 nitrogen and oxygen atoms in total. The van der Waals surface area contributed by atoms with Gasteiger partial charge in [0.2, 0.25) is 0 Å². The molecular weight excluding hydrogens is 302 g/mol. The summed E-state index contributed by atoms with van der Waals surface area (Å²) in [6.07, 6.45) is 9.21. The number of rotatable bonds is 6. The highest BCUT2D eigenvalue weighted by Crippen LogP contribution is 2.25. The molecule has 0 aliphatic rings. The zero-order valence-electron chi connectivity index (χ0n) is 13.0. The van der Waals surface area contributed by atoms with Crippen molar-refractivity contribution in [3.05, 3.63) is 78.6 Å². The predicted molar refractivity (Wildman–Crippen MR) is 90.4 cm³/mol. The SMILES string of the molecule is O=C(O)CC(Cc1ccc(-c2cncnc2)cc1)c1cccnc1. The fraction of sp³-hybridized carbons (Fsp3) is 0.158. The van der Waals surface area contributed by atoms with Gasteiger partial charge in [0, 0.05) is 30.4 Å². The van der Waals surface area contributed by atoms with E-state index in [2.05, 4.69) is 15.0 Å². The van der Waals surface area contributed by atoms with Crippen molar-refractivity contribution in [1.82, 2.24) is 15.0 Å². The summed E-state index contributed by atoms with van der Waals surface area (Å²) in [7, 11) is 0. The van der Waals surface area contributed by atoms with Crippen LogP contribution in [0.3, 0.4) is 0 Å². The molecule has 0 fully saturated rings. The maximum Gasteiger partial charge on any atom is 0.303 e. The van der Waals surface area contributed by atoms with Crippen LogP contribution in [-0.4, -0.2) is 26.0 Å². The van der Waals surface area contributed by atoms with Crippen molar-refractivity contribution >= 4 is 5.97 Å². The molecule has 3 rings (SSSR count). The summed E-state index contributed by atoms with van der Waals surface area (Å²) in [5, 5.41) is 9.18. The Morgan fingerprint density at radius 1 is 0.958 bits per heavy atom. The molecule has 2 aromatic heterocycles. The number of aromatic nitrogens is 3. The van der Waals surface area contributed by atoms with Crippen LogP contribution in [0.15, 0.2) is 67.5 Å². The van der Waals surface area contributed by atoms with Gasteiger partial charge in [-0.1, -0.05) is 30.3 Å². The van der Waals surface area contributed by atoms with Crippen LogP contribution < -0.4 is 0 Å². The molecule has 0 spiro atoms. The third-order valence-electron chi connectivity index (χ3n) is 3.91. The molecule has 0 saturated carbocycles. The summed E-state index contributed by atoms with van der Waals surface area (Å²) in [6, 6.07) is 11.8. The molecule has 3 aromatic rings. The van der Waals surface area contributed by atoms with Crippen LogP contribution in [0.1, 0.15) is 23.5 Å². The van der Waals surface area contributed by atoms with Crippen LogP contribution in [0.5, 0.6) is 0 Å². The van der Waals surface area contributed by atoms with Crippen molar-refractivity contribution in [2.45, 2.75) is 18.8 Å². The number of carboxylic acid groups (broad SMARTS) is 1. The van der Waals surface area contributed by atoms with E-state index < -0.39 is 5.97 Å². The second-order valence-electron chi connectivity index (χ2n) is 5.61. The van der Waals surface area contributed by atoms with Gasteiger partial charge >= 0.3 is 5.97 Å². The normalized spacial score (nSPS) is 11.8. The summed E-state index contributed by atoms with van der Waals surface area (Å²) in [5.74, 6) is -0.899. The molecule has 5 heteroatoms. The Morgan fingerprint density at radius 3 is 2.33 bits per heavy atom. The predicted octanol–water partition coefficient (Wildman–Crippen LogP) is 3.34. The van der Waals surface area contributed by atoms with Gasteiger partial charge in [-0.05, 0) is 35.1 Å².